The molecule has 0 radical (unpaired) electrons. The van der Waals surface area contributed by atoms with Crippen LogP contribution < -0.4 is 5.32 Å². The van der Waals surface area contributed by atoms with Crippen molar-refractivity contribution >= 4 is 39.9 Å². The van der Waals surface area contributed by atoms with E-state index in [1.54, 1.807) is 11.8 Å². The molecule has 1 amide bonds. The SMILES string of the molecule is CSc1ccc(NC(=O)CCC(=O)c2ccc3ccccc3c2)cc1. The average molecular weight is 349 g/mol. The maximum atomic E-state index is 12.3. The maximum absolute atomic E-state index is 12.3. The second-order valence-corrected chi connectivity index (χ2v) is 6.64. The summed E-state index contributed by atoms with van der Waals surface area (Å²) >= 11 is 1.65. The number of thioether (sulfide) groups is 1. The lowest BCUT2D eigenvalue weighted by Gasteiger charge is -2.06. The Labute approximate surface area is 151 Å². The monoisotopic (exact) mass is 349 g/mol. The fourth-order valence-electron chi connectivity index (χ4n) is 2.63. The van der Waals surface area contributed by atoms with Crippen molar-refractivity contribution in [1.82, 2.24) is 0 Å². The topological polar surface area (TPSA) is 46.2 Å². The van der Waals surface area contributed by atoms with Crippen molar-refractivity contribution in [3.63, 3.8) is 0 Å². The highest BCUT2D eigenvalue weighted by Crippen LogP contribution is 2.19. The van der Waals surface area contributed by atoms with Gasteiger partial charge in [0.2, 0.25) is 5.91 Å². The van der Waals surface area contributed by atoms with Crippen LogP contribution >= 0.6 is 11.8 Å². The summed E-state index contributed by atoms with van der Waals surface area (Å²) in [6, 6.07) is 21.2. The quantitative estimate of drug-likeness (QED) is 0.494. The van der Waals surface area contributed by atoms with Gasteiger partial charge < -0.3 is 5.32 Å². The number of ketones is 1. The first-order valence-electron chi connectivity index (χ1n) is 8.11. The summed E-state index contributed by atoms with van der Waals surface area (Å²) in [5.41, 5.74) is 1.40. The number of hydrogen-bond donors (Lipinski definition) is 1. The molecule has 0 aliphatic heterocycles. The number of carbonyl (C=O) groups is 2. The fraction of sp³-hybridized carbons (Fsp3) is 0.143. The van der Waals surface area contributed by atoms with Gasteiger partial charge in [-0.05, 0) is 47.4 Å². The molecule has 0 atom stereocenters. The van der Waals surface area contributed by atoms with Gasteiger partial charge in [-0.1, -0.05) is 36.4 Å². The van der Waals surface area contributed by atoms with E-state index in [0.29, 0.717) is 5.56 Å². The van der Waals surface area contributed by atoms with E-state index in [0.717, 1.165) is 21.4 Å². The Morgan fingerprint density at radius 1 is 0.880 bits per heavy atom. The number of fused-ring (bicyclic) bond motifs is 1. The maximum Gasteiger partial charge on any atom is 0.224 e. The Morgan fingerprint density at radius 3 is 2.32 bits per heavy atom. The largest absolute Gasteiger partial charge is 0.326 e. The highest BCUT2D eigenvalue weighted by Gasteiger charge is 2.10. The number of hydrogen-bond acceptors (Lipinski definition) is 3. The highest BCUT2D eigenvalue weighted by molar-refractivity contribution is 7.98. The lowest BCUT2D eigenvalue weighted by atomic mass is 10.0. The molecule has 3 rings (SSSR count). The number of nitrogens with one attached hydrogen (secondary N) is 1. The third kappa shape index (κ3) is 4.48. The molecule has 0 saturated carbocycles. The van der Waals surface area contributed by atoms with Gasteiger partial charge in [-0.3, -0.25) is 9.59 Å². The zero-order valence-corrected chi connectivity index (χ0v) is 14.8. The van der Waals surface area contributed by atoms with Gasteiger partial charge in [0.1, 0.15) is 0 Å². The van der Waals surface area contributed by atoms with Crippen molar-refractivity contribution in [2.24, 2.45) is 0 Å². The van der Waals surface area contributed by atoms with Crippen LogP contribution in [0.3, 0.4) is 0 Å². The Kier molecular flexibility index (Phi) is 5.51. The molecule has 0 aliphatic carbocycles. The number of Topliss-reactive ketones (excluding diaryl/α,β-unsaturated/α-hetero) is 1. The van der Waals surface area contributed by atoms with Gasteiger partial charge in [0.25, 0.3) is 0 Å². The van der Waals surface area contributed by atoms with E-state index in [4.69, 9.17) is 0 Å². The van der Waals surface area contributed by atoms with Crippen LogP contribution in [0.15, 0.2) is 71.6 Å². The van der Waals surface area contributed by atoms with E-state index in [9.17, 15) is 9.59 Å². The van der Waals surface area contributed by atoms with Crippen molar-refractivity contribution in [3.8, 4) is 0 Å². The lowest BCUT2D eigenvalue weighted by Crippen LogP contribution is -2.13. The molecule has 0 spiro atoms. The van der Waals surface area contributed by atoms with Crippen LogP contribution in [0, 0.1) is 0 Å². The molecule has 3 aromatic carbocycles. The van der Waals surface area contributed by atoms with Crippen LogP contribution in [0.2, 0.25) is 0 Å². The zero-order chi connectivity index (χ0) is 17.6. The normalized spacial score (nSPS) is 10.6. The summed E-state index contributed by atoms with van der Waals surface area (Å²) in [7, 11) is 0. The molecule has 3 nitrogen and oxygen atoms in total. The number of rotatable bonds is 6. The second-order valence-electron chi connectivity index (χ2n) is 5.76. The first-order valence-corrected chi connectivity index (χ1v) is 9.34. The zero-order valence-electron chi connectivity index (χ0n) is 14.0. The average Bonchev–Trinajstić information content (AvgIpc) is 2.66. The summed E-state index contributed by atoms with van der Waals surface area (Å²) in [5.74, 6) is -0.162. The summed E-state index contributed by atoms with van der Waals surface area (Å²) in [5, 5.41) is 4.97. The van der Waals surface area contributed by atoms with Crippen LogP contribution in [-0.2, 0) is 4.79 Å². The summed E-state index contributed by atoms with van der Waals surface area (Å²) in [6.07, 6.45) is 2.38. The second kappa shape index (κ2) is 7.99. The lowest BCUT2D eigenvalue weighted by molar-refractivity contribution is -0.116. The molecular weight excluding hydrogens is 330 g/mol. The van der Waals surface area contributed by atoms with Crippen molar-refractivity contribution in [1.29, 1.82) is 0 Å². The summed E-state index contributed by atoms with van der Waals surface area (Å²) in [4.78, 5) is 25.5. The van der Waals surface area contributed by atoms with Crippen molar-refractivity contribution in [3.05, 3.63) is 72.3 Å². The third-order valence-corrected chi connectivity index (χ3v) is 4.77. The van der Waals surface area contributed by atoms with Crippen LogP contribution in [0.1, 0.15) is 23.2 Å². The van der Waals surface area contributed by atoms with E-state index in [-0.39, 0.29) is 24.5 Å². The molecule has 0 saturated heterocycles. The Balaban J connectivity index is 1.57. The van der Waals surface area contributed by atoms with Gasteiger partial charge in [0, 0.05) is 29.0 Å². The van der Waals surface area contributed by atoms with E-state index in [1.807, 2.05) is 73.0 Å². The molecular formula is C21H19NO2S. The van der Waals surface area contributed by atoms with E-state index >= 15 is 0 Å². The molecule has 0 fully saturated rings. The molecule has 4 heteroatoms. The minimum Gasteiger partial charge on any atom is -0.326 e. The van der Waals surface area contributed by atoms with Crippen molar-refractivity contribution < 1.29 is 9.59 Å². The standard InChI is InChI=1S/C21H19NO2S/c1-25-19-10-8-18(9-11-19)22-21(24)13-12-20(23)17-7-6-15-4-2-3-5-16(15)14-17/h2-11,14H,12-13H2,1H3,(H,22,24). The highest BCUT2D eigenvalue weighted by atomic mass is 32.2. The first kappa shape index (κ1) is 17.2. The Hall–Kier alpha value is -2.59. The van der Waals surface area contributed by atoms with E-state index in [1.165, 1.54) is 0 Å². The Bertz CT molecular complexity index is 903. The number of amides is 1. The summed E-state index contributed by atoms with van der Waals surface area (Å²) < 4.78 is 0. The van der Waals surface area contributed by atoms with Gasteiger partial charge in [-0.25, -0.2) is 0 Å². The van der Waals surface area contributed by atoms with Gasteiger partial charge in [-0.2, -0.15) is 0 Å². The predicted molar refractivity (Wildman–Crippen MR) is 104 cm³/mol. The molecule has 0 bridgehead atoms. The van der Waals surface area contributed by atoms with Crippen LogP contribution in [0.5, 0.6) is 0 Å². The van der Waals surface area contributed by atoms with Gasteiger partial charge in [0.05, 0.1) is 0 Å². The number of carbonyl (C=O) groups excluding carboxylic acids is 2. The van der Waals surface area contributed by atoms with Gasteiger partial charge in [0.15, 0.2) is 5.78 Å². The molecule has 126 valence electrons. The van der Waals surface area contributed by atoms with E-state index < -0.39 is 0 Å². The van der Waals surface area contributed by atoms with Crippen LogP contribution in [0.25, 0.3) is 10.8 Å². The van der Waals surface area contributed by atoms with Crippen molar-refractivity contribution in [2.45, 2.75) is 17.7 Å². The minimum absolute atomic E-state index is 0.0152. The molecule has 3 aromatic rings. The van der Waals surface area contributed by atoms with Gasteiger partial charge >= 0.3 is 0 Å². The minimum atomic E-state index is -0.147. The first-order chi connectivity index (χ1) is 12.2. The fourth-order valence-corrected chi connectivity index (χ4v) is 3.04. The molecule has 25 heavy (non-hydrogen) atoms. The molecule has 0 unspecified atom stereocenters. The third-order valence-electron chi connectivity index (χ3n) is 4.02. The predicted octanol–water partition coefficient (Wildman–Crippen LogP) is 5.16. The molecule has 1 N–H and O–H groups in total. The van der Waals surface area contributed by atoms with Crippen LogP contribution in [0.4, 0.5) is 5.69 Å². The van der Waals surface area contributed by atoms with Gasteiger partial charge in [-0.15, -0.1) is 11.8 Å². The van der Waals surface area contributed by atoms with E-state index in [2.05, 4.69) is 5.32 Å². The van der Waals surface area contributed by atoms with Crippen molar-refractivity contribution in [2.75, 3.05) is 11.6 Å². The smallest absolute Gasteiger partial charge is 0.224 e. The van der Waals surface area contributed by atoms with Crippen LogP contribution in [-0.4, -0.2) is 17.9 Å². The molecule has 0 aromatic heterocycles. The number of benzene rings is 3. The number of anilines is 1. The Morgan fingerprint density at radius 2 is 1.60 bits per heavy atom. The molecule has 0 heterocycles. The summed E-state index contributed by atoms with van der Waals surface area (Å²) in [6.45, 7) is 0. The molecule has 0 aliphatic rings.